The molecule has 5 heteroatoms. The highest BCUT2D eigenvalue weighted by Gasteiger charge is 2.50. The number of benzene rings is 3. The molecule has 3 aromatic rings. The zero-order chi connectivity index (χ0) is 25.5. The van der Waals surface area contributed by atoms with Crippen LogP contribution in [0.15, 0.2) is 89.9 Å². The average molecular weight is 482 g/mol. The normalized spacial score (nSPS) is 15.6. The standard InChI is InChI=1S/C31H35N3O2/c1-3-5-15-25(4-2)28(35)21-23-13-12-14-24(20-23)22-34-29(36)31(33-30(34)32,26-16-8-6-9-17-26)27-18-10-7-11-19-27/h6-14,16-20,25H,3-5,15,21-22H2,1-2H3,(H2,32,33). The lowest BCUT2D eigenvalue weighted by Crippen LogP contribution is -2.43. The molecule has 36 heavy (non-hydrogen) atoms. The first kappa shape index (κ1) is 25.4. The van der Waals surface area contributed by atoms with Gasteiger partial charge in [-0.2, -0.15) is 0 Å². The fourth-order valence-corrected chi connectivity index (χ4v) is 5.04. The highest BCUT2D eigenvalue weighted by Crippen LogP contribution is 2.40. The molecule has 0 saturated carbocycles. The van der Waals surface area contributed by atoms with E-state index in [1.807, 2.05) is 84.9 Å². The Labute approximate surface area is 214 Å². The predicted molar refractivity (Wildman–Crippen MR) is 144 cm³/mol. The fraction of sp³-hybridized carbons (Fsp3) is 0.323. The van der Waals surface area contributed by atoms with Gasteiger partial charge in [0.1, 0.15) is 5.78 Å². The summed E-state index contributed by atoms with van der Waals surface area (Å²) in [4.78, 5) is 33.2. The SMILES string of the molecule is CCCCC(CC)C(=O)Cc1cccc(CN2C(=O)C(c3ccccc3)(c3ccccc3)N=C2N)c1. The smallest absolute Gasteiger partial charge is 0.266 e. The Morgan fingerprint density at radius 1 is 0.917 bits per heavy atom. The molecule has 1 aliphatic rings. The third-order valence-electron chi connectivity index (χ3n) is 7.06. The number of nitrogens with two attached hydrogens (primary N) is 1. The van der Waals surface area contributed by atoms with Gasteiger partial charge < -0.3 is 5.73 Å². The summed E-state index contributed by atoms with van der Waals surface area (Å²) in [7, 11) is 0. The first-order valence-corrected chi connectivity index (χ1v) is 12.9. The van der Waals surface area contributed by atoms with E-state index in [0.717, 1.165) is 47.9 Å². The Kier molecular flexibility index (Phi) is 7.99. The van der Waals surface area contributed by atoms with E-state index in [1.165, 1.54) is 0 Å². The van der Waals surface area contributed by atoms with Crippen molar-refractivity contribution in [2.75, 3.05) is 0 Å². The first-order valence-electron chi connectivity index (χ1n) is 12.9. The first-order chi connectivity index (χ1) is 17.5. The summed E-state index contributed by atoms with van der Waals surface area (Å²) in [5, 5.41) is 0. The molecular formula is C31H35N3O2. The van der Waals surface area contributed by atoms with Gasteiger partial charge in [-0.15, -0.1) is 0 Å². The number of unbranched alkanes of at least 4 members (excludes halogenated alkanes) is 1. The number of nitrogens with zero attached hydrogens (tertiary/aromatic N) is 2. The Morgan fingerprint density at radius 3 is 2.11 bits per heavy atom. The number of hydrogen-bond acceptors (Lipinski definition) is 4. The minimum Gasteiger partial charge on any atom is -0.369 e. The van der Waals surface area contributed by atoms with Gasteiger partial charge in [0.05, 0.1) is 6.54 Å². The van der Waals surface area contributed by atoms with Crippen LogP contribution in [0.5, 0.6) is 0 Å². The van der Waals surface area contributed by atoms with E-state index in [4.69, 9.17) is 10.7 Å². The molecule has 0 fully saturated rings. The predicted octanol–water partition coefficient (Wildman–Crippen LogP) is 5.62. The fourth-order valence-electron chi connectivity index (χ4n) is 5.04. The molecule has 5 nitrogen and oxygen atoms in total. The minimum atomic E-state index is -1.21. The van der Waals surface area contributed by atoms with Gasteiger partial charge in [0.2, 0.25) is 0 Å². The maximum absolute atomic E-state index is 14.0. The number of rotatable bonds is 11. The second-order valence-corrected chi connectivity index (χ2v) is 9.51. The zero-order valence-corrected chi connectivity index (χ0v) is 21.2. The lowest BCUT2D eigenvalue weighted by Gasteiger charge is -2.27. The molecule has 0 aromatic heterocycles. The summed E-state index contributed by atoms with van der Waals surface area (Å²) in [6.07, 6.45) is 4.40. The van der Waals surface area contributed by atoms with E-state index in [9.17, 15) is 9.59 Å². The third-order valence-corrected chi connectivity index (χ3v) is 7.06. The second-order valence-electron chi connectivity index (χ2n) is 9.51. The van der Waals surface area contributed by atoms with Crippen LogP contribution in [0.2, 0.25) is 0 Å². The van der Waals surface area contributed by atoms with Crippen LogP contribution < -0.4 is 5.73 Å². The summed E-state index contributed by atoms with van der Waals surface area (Å²) in [5.41, 5.74) is 8.63. The third kappa shape index (κ3) is 5.11. The molecule has 1 atom stereocenters. The van der Waals surface area contributed by atoms with E-state index in [0.29, 0.717) is 13.0 Å². The molecule has 0 aliphatic carbocycles. The molecular weight excluding hydrogens is 446 g/mol. The van der Waals surface area contributed by atoms with Gasteiger partial charge in [0.15, 0.2) is 11.5 Å². The quantitative estimate of drug-likeness (QED) is 0.386. The van der Waals surface area contributed by atoms with Crippen molar-refractivity contribution in [3.63, 3.8) is 0 Å². The largest absolute Gasteiger partial charge is 0.369 e. The van der Waals surface area contributed by atoms with Crippen molar-refractivity contribution in [1.82, 2.24) is 4.90 Å². The number of ketones is 1. The second kappa shape index (κ2) is 11.3. The van der Waals surface area contributed by atoms with Crippen LogP contribution in [-0.2, 0) is 28.1 Å². The summed E-state index contributed by atoms with van der Waals surface area (Å²) >= 11 is 0. The Balaban J connectivity index is 1.58. The average Bonchev–Trinajstić information content (AvgIpc) is 3.16. The van der Waals surface area contributed by atoms with Crippen molar-refractivity contribution in [3.8, 4) is 0 Å². The summed E-state index contributed by atoms with van der Waals surface area (Å²) in [6.45, 7) is 4.53. The van der Waals surface area contributed by atoms with E-state index in [2.05, 4.69) is 13.8 Å². The highest BCUT2D eigenvalue weighted by molar-refractivity contribution is 6.09. The number of carbonyl (C=O) groups excluding carboxylic acids is 2. The van der Waals surface area contributed by atoms with Crippen molar-refractivity contribution in [3.05, 3.63) is 107 Å². The molecule has 1 amide bonds. The topological polar surface area (TPSA) is 75.8 Å². The molecule has 2 N–H and O–H groups in total. The van der Waals surface area contributed by atoms with Gasteiger partial charge in [-0.25, -0.2) is 4.99 Å². The number of amides is 1. The lowest BCUT2D eigenvalue weighted by atomic mass is 9.83. The Bertz CT molecular complexity index is 1180. The molecule has 4 rings (SSSR count). The van der Waals surface area contributed by atoms with Crippen molar-refractivity contribution >= 4 is 17.6 Å². The van der Waals surface area contributed by atoms with Crippen molar-refractivity contribution in [2.24, 2.45) is 16.6 Å². The molecule has 0 saturated heterocycles. The maximum atomic E-state index is 14.0. The lowest BCUT2D eigenvalue weighted by molar-refractivity contribution is -0.130. The van der Waals surface area contributed by atoms with Crippen molar-refractivity contribution in [1.29, 1.82) is 0 Å². The summed E-state index contributed by atoms with van der Waals surface area (Å²) in [5.74, 6) is 0.409. The van der Waals surface area contributed by atoms with Crippen molar-refractivity contribution < 1.29 is 9.59 Å². The molecule has 1 unspecified atom stereocenters. The number of aliphatic imine (C=N–C) groups is 1. The van der Waals surface area contributed by atoms with Gasteiger partial charge in [-0.1, -0.05) is 112 Å². The molecule has 3 aromatic carbocycles. The Morgan fingerprint density at radius 2 is 1.53 bits per heavy atom. The van der Waals surface area contributed by atoms with Gasteiger partial charge in [0, 0.05) is 12.3 Å². The molecule has 1 aliphatic heterocycles. The van der Waals surface area contributed by atoms with E-state index < -0.39 is 5.54 Å². The van der Waals surface area contributed by atoms with Crippen LogP contribution in [0.1, 0.15) is 61.8 Å². The van der Waals surface area contributed by atoms with Crippen LogP contribution in [-0.4, -0.2) is 22.5 Å². The van der Waals surface area contributed by atoms with E-state index >= 15 is 0 Å². The zero-order valence-electron chi connectivity index (χ0n) is 21.2. The number of Topliss-reactive ketones (excluding diaryl/α,β-unsaturated/α-hetero) is 1. The van der Waals surface area contributed by atoms with Gasteiger partial charge in [-0.05, 0) is 35.1 Å². The molecule has 0 radical (unpaired) electrons. The van der Waals surface area contributed by atoms with Crippen LogP contribution in [0, 0.1) is 5.92 Å². The summed E-state index contributed by atoms with van der Waals surface area (Å²) < 4.78 is 0. The van der Waals surface area contributed by atoms with Gasteiger partial charge >= 0.3 is 0 Å². The summed E-state index contributed by atoms with van der Waals surface area (Å²) in [6, 6.07) is 27.0. The van der Waals surface area contributed by atoms with Crippen LogP contribution in [0.4, 0.5) is 0 Å². The highest BCUT2D eigenvalue weighted by atomic mass is 16.2. The van der Waals surface area contributed by atoms with Crippen molar-refractivity contribution in [2.45, 2.75) is 58.0 Å². The molecule has 0 bridgehead atoms. The van der Waals surface area contributed by atoms with Crippen LogP contribution in [0.3, 0.4) is 0 Å². The van der Waals surface area contributed by atoms with E-state index in [1.54, 1.807) is 4.90 Å². The number of hydrogen-bond donors (Lipinski definition) is 1. The Hall–Kier alpha value is -3.73. The van der Waals surface area contributed by atoms with Crippen LogP contribution in [0.25, 0.3) is 0 Å². The molecule has 186 valence electrons. The minimum absolute atomic E-state index is 0.105. The van der Waals surface area contributed by atoms with Gasteiger partial charge in [-0.3, -0.25) is 14.5 Å². The number of guanidine groups is 1. The molecule has 0 spiro atoms. The van der Waals surface area contributed by atoms with Crippen LogP contribution >= 0.6 is 0 Å². The maximum Gasteiger partial charge on any atom is 0.266 e. The van der Waals surface area contributed by atoms with Gasteiger partial charge in [0.25, 0.3) is 5.91 Å². The molecule has 1 heterocycles. The van der Waals surface area contributed by atoms with E-state index in [-0.39, 0.29) is 23.6 Å². The monoisotopic (exact) mass is 481 g/mol. The number of carbonyl (C=O) groups is 2.